The summed E-state index contributed by atoms with van der Waals surface area (Å²) in [5.41, 5.74) is 1.64. The van der Waals surface area contributed by atoms with Crippen LogP contribution >= 0.6 is 0 Å². The molecule has 0 saturated heterocycles. The van der Waals surface area contributed by atoms with E-state index in [4.69, 9.17) is 9.47 Å². The van der Waals surface area contributed by atoms with E-state index in [1.54, 1.807) is 6.08 Å². The molecule has 2 bridgehead atoms. The third kappa shape index (κ3) is 3.39. The van der Waals surface area contributed by atoms with E-state index in [1.807, 2.05) is 36.4 Å². The molecule has 0 aliphatic heterocycles. The second-order valence-corrected chi connectivity index (χ2v) is 11.8. The van der Waals surface area contributed by atoms with Crippen molar-refractivity contribution in [2.45, 2.75) is 71.3 Å². The van der Waals surface area contributed by atoms with Crippen molar-refractivity contribution >= 4 is 18.0 Å². The van der Waals surface area contributed by atoms with Crippen LogP contribution in [0.2, 0.25) is 0 Å². The Balaban J connectivity index is 1.44. The molecular formula is C30H38O4. The number of hydrogen-bond donors (Lipinski definition) is 0. The highest BCUT2D eigenvalue weighted by molar-refractivity contribution is 5.87. The summed E-state index contributed by atoms with van der Waals surface area (Å²) in [6.45, 7) is 9.00. The third-order valence-corrected chi connectivity index (χ3v) is 10.3. The molecule has 4 fully saturated rings. The molecule has 4 aliphatic rings. The molecule has 0 amide bonds. The van der Waals surface area contributed by atoms with Gasteiger partial charge in [0.25, 0.3) is 0 Å². The van der Waals surface area contributed by atoms with Crippen molar-refractivity contribution in [3.8, 4) is 0 Å². The van der Waals surface area contributed by atoms with Gasteiger partial charge in [0.15, 0.2) is 0 Å². The lowest BCUT2D eigenvalue weighted by molar-refractivity contribution is -0.196. The Morgan fingerprint density at radius 2 is 1.79 bits per heavy atom. The molecule has 182 valence electrons. The maximum absolute atomic E-state index is 13.0. The van der Waals surface area contributed by atoms with E-state index in [1.165, 1.54) is 7.11 Å². The first-order chi connectivity index (χ1) is 16.2. The standard InChI is InChI=1S/C30H38O4/c1-20-22-12-13-24-28(2)16-8-17-29(3,27(32)33-4)23(28)15-18-30(24,19-22)26(20)34-25(31)14-11-21-9-6-5-7-10-21/h5-7,9-11,14,22-24,26H,1,8,12-13,15-19H2,2-4H3/t22-,23+,24+,26+,28-,29-,30-/m1/s1. The van der Waals surface area contributed by atoms with Gasteiger partial charge in [0.05, 0.1) is 12.5 Å². The van der Waals surface area contributed by atoms with Crippen LogP contribution in [0.5, 0.6) is 0 Å². The van der Waals surface area contributed by atoms with Crippen LogP contribution in [0.4, 0.5) is 0 Å². The molecule has 4 aliphatic carbocycles. The number of rotatable bonds is 4. The predicted octanol–water partition coefficient (Wildman–Crippen LogP) is 6.36. The zero-order valence-electron chi connectivity index (χ0n) is 20.8. The van der Waals surface area contributed by atoms with Crippen LogP contribution in [-0.2, 0) is 19.1 Å². The Labute approximate surface area is 203 Å². The van der Waals surface area contributed by atoms with Gasteiger partial charge in [-0.3, -0.25) is 4.79 Å². The van der Waals surface area contributed by atoms with Gasteiger partial charge >= 0.3 is 11.9 Å². The summed E-state index contributed by atoms with van der Waals surface area (Å²) < 4.78 is 11.6. The molecule has 0 radical (unpaired) electrons. The number of methoxy groups -OCH3 is 1. The van der Waals surface area contributed by atoms with E-state index in [0.717, 1.165) is 62.5 Å². The van der Waals surface area contributed by atoms with Crippen molar-refractivity contribution < 1.29 is 19.1 Å². The molecule has 0 heterocycles. The van der Waals surface area contributed by atoms with Crippen LogP contribution in [0.1, 0.15) is 70.8 Å². The fourth-order valence-electron chi connectivity index (χ4n) is 8.89. The van der Waals surface area contributed by atoms with Crippen LogP contribution in [0, 0.1) is 34.0 Å². The highest BCUT2D eigenvalue weighted by Gasteiger charge is 2.68. The summed E-state index contributed by atoms with van der Waals surface area (Å²) in [5, 5.41) is 0. The summed E-state index contributed by atoms with van der Waals surface area (Å²) in [7, 11) is 1.52. The van der Waals surface area contributed by atoms with Crippen molar-refractivity contribution in [2.24, 2.45) is 34.0 Å². The second kappa shape index (κ2) is 8.39. The maximum Gasteiger partial charge on any atom is 0.331 e. The molecule has 7 atom stereocenters. The van der Waals surface area contributed by atoms with Crippen LogP contribution in [-0.4, -0.2) is 25.2 Å². The lowest BCUT2D eigenvalue weighted by atomic mass is 9.40. The minimum atomic E-state index is -0.430. The number of fused-ring (bicyclic) bond motifs is 3. The topological polar surface area (TPSA) is 52.6 Å². The normalized spacial score (nSPS) is 41.0. The minimum absolute atomic E-state index is 0.0412. The molecule has 4 heteroatoms. The van der Waals surface area contributed by atoms with E-state index in [2.05, 4.69) is 20.4 Å². The van der Waals surface area contributed by atoms with E-state index in [0.29, 0.717) is 17.8 Å². The summed E-state index contributed by atoms with van der Waals surface area (Å²) in [5.74, 6) is 0.817. The van der Waals surface area contributed by atoms with E-state index in [9.17, 15) is 9.59 Å². The van der Waals surface area contributed by atoms with Crippen molar-refractivity contribution in [3.63, 3.8) is 0 Å². The summed E-state index contributed by atoms with van der Waals surface area (Å²) >= 11 is 0. The monoisotopic (exact) mass is 462 g/mol. The Hall–Kier alpha value is -2.36. The summed E-state index contributed by atoms with van der Waals surface area (Å²) in [4.78, 5) is 25.9. The lowest BCUT2D eigenvalue weighted by Crippen LogP contribution is -2.60. The van der Waals surface area contributed by atoms with E-state index in [-0.39, 0.29) is 28.9 Å². The first-order valence-corrected chi connectivity index (χ1v) is 13.0. The molecule has 5 rings (SSSR count). The summed E-state index contributed by atoms with van der Waals surface area (Å²) in [6.07, 6.45) is 11.5. The van der Waals surface area contributed by atoms with Gasteiger partial charge in [0, 0.05) is 11.5 Å². The van der Waals surface area contributed by atoms with Crippen molar-refractivity contribution in [2.75, 3.05) is 7.11 Å². The Kier molecular flexibility index (Phi) is 5.77. The lowest BCUT2D eigenvalue weighted by Gasteiger charge is -2.64. The second-order valence-electron chi connectivity index (χ2n) is 11.8. The van der Waals surface area contributed by atoms with Gasteiger partial charge in [-0.15, -0.1) is 0 Å². The Morgan fingerprint density at radius 1 is 1.03 bits per heavy atom. The van der Waals surface area contributed by atoms with Gasteiger partial charge < -0.3 is 9.47 Å². The van der Waals surface area contributed by atoms with Crippen molar-refractivity contribution in [1.29, 1.82) is 0 Å². The first-order valence-electron chi connectivity index (χ1n) is 13.0. The number of carbonyl (C=O) groups excluding carboxylic acids is 2. The highest BCUT2D eigenvalue weighted by Crippen LogP contribution is 2.72. The zero-order valence-corrected chi connectivity index (χ0v) is 20.8. The molecular weight excluding hydrogens is 424 g/mol. The molecule has 1 aromatic rings. The largest absolute Gasteiger partial charge is 0.469 e. The number of ether oxygens (including phenoxy) is 2. The van der Waals surface area contributed by atoms with E-state index < -0.39 is 5.41 Å². The van der Waals surface area contributed by atoms with Crippen LogP contribution in [0.3, 0.4) is 0 Å². The van der Waals surface area contributed by atoms with Gasteiger partial charge in [-0.05, 0) is 92.3 Å². The van der Waals surface area contributed by atoms with Crippen molar-refractivity contribution in [1.82, 2.24) is 0 Å². The van der Waals surface area contributed by atoms with Gasteiger partial charge in [0.2, 0.25) is 0 Å². The molecule has 0 aromatic heterocycles. The van der Waals surface area contributed by atoms with Crippen LogP contribution in [0.15, 0.2) is 48.6 Å². The molecule has 1 aromatic carbocycles. The summed E-state index contributed by atoms with van der Waals surface area (Å²) in [6, 6.07) is 9.84. The van der Waals surface area contributed by atoms with Gasteiger partial charge in [0.1, 0.15) is 6.10 Å². The first kappa shape index (κ1) is 23.4. The number of carbonyl (C=O) groups is 2. The average molecular weight is 463 g/mol. The van der Waals surface area contributed by atoms with Crippen molar-refractivity contribution in [3.05, 3.63) is 54.1 Å². The number of hydrogen-bond acceptors (Lipinski definition) is 4. The van der Waals surface area contributed by atoms with Gasteiger partial charge in [-0.2, -0.15) is 0 Å². The fraction of sp³-hybridized carbons (Fsp3) is 0.600. The fourth-order valence-corrected chi connectivity index (χ4v) is 8.89. The molecule has 1 spiro atoms. The third-order valence-electron chi connectivity index (χ3n) is 10.3. The Morgan fingerprint density at radius 3 is 2.53 bits per heavy atom. The minimum Gasteiger partial charge on any atom is -0.469 e. The Bertz CT molecular complexity index is 1010. The van der Waals surface area contributed by atoms with Gasteiger partial charge in [-0.25, -0.2) is 4.79 Å². The predicted molar refractivity (Wildman–Crippen MR) is 133 cm³/mol. The highest BCUT2D eigenvalue weighted by atomic mass is 16.5. The van der Waals surface area contributed by atoms with Crippen LogP contribution in [0.25, 0.3) is 6.08 Å². The zero-order chi connectivity index (χ0) is 24.1. The molecule has 0 unspecified atom stereocenters. The number of benzene rings is 1. The molecule has 4 nitrogen and oxygen atoms in total. The smallest absolute Gasteiger partial charge is 0.331 e. The maximum atomic E-state index is 13.0. The van der Waals surface area contributed by atoms with Gasteiger partial charge in [-0.1, -0.05) is 50.3 Å². The SMILES string of the molecule is C=C1[C@@H]2CC[C@H]3[C@]4(C)CCC[C@@](C)(C(=O)OC)[C@H]4CC[C@]3(C2)[C@H]1OC(=O)C=Cc1ccccc1. The molecule has 4 saturated carbocycles. The average Bonchev–Trinajstić information content (AvgIpc) is 3.02. The van der Waals surface area contributed by atoms with Crippen LogP contribution < -0.4 is 0 Å². The molecule has 0 N–H and O–H groups in total. The quantitative estimate of drug-likeness (QED) is 0.297. The van der Waals surface area contributed by atoms with E-state index >= 15 is 0 Å². The number of esters is 2. The molecule has 34 heavy (non-hydrogen) atoms.